The Labute approximate surface area is 186 Å². The smallest absolute Gasteiger partial charge is 0.342 e. The van der Waals surface area contributed by atoms with Crippen molar-refractivity contribution in [2.24, 2.45) is 5.10 Å². The zero-order valence-electron chi connectivity index (χ0n) is 17.1. The monoisotopic (exact) mass is 448 g/mol. The van der Waals surface area contributed by atoms with Gasteiger partial charge in [-0.3, -0.25) is 14.6 Å². The predicted octanol–water partition coefficient (Wildman–Crippen LogP) is 2.42. The molecule has 162 valence electrons. The summed E-state index contributed by atoms with van der Waals surface area (Å²) >= 11 is 0.927. The van der Waals surface area contributed by atoms with Gasteiger partial charge in [0.1, 0.15) is 5.25 Å². The van der Waals surface area contributed by atoms with Crippen LogP contribution in [0.5, 0.6) is 0 Å². The minimum absolute atomic E-state index is 0.0244. The number of hydrogen-bond acceptors (Lipinski definition) is 6. The molecule has 0 aliphatic heterocycles. The fourth-order valence-corrected chi connectivity index (χ4v) is 4.23. The molecule has 0 fully saturated rings. The van der Waals surface area contributed by atoms with Crippen LogP contribution in [0.1, 0.15) is 23.3 Å². The normalized spacial score (nSPS) is 12.3. The average Bonchev–Trinajstić information content (AvgIpc) is 3.17. The number of aromatic amines is 2. The molecular formula is C22H20N6O3S. The number of nitrogens with one attached hydrogen (secondary N) is 3. The van der Waals surface area contributed by atoms with Gasteiger partial charge in [-0.05, 0) is 18.6 Å². The van der Waals surface area contributed by atoms with Crippen molar-refractivity contribution in [2.45, 2.75) is 23.7 Å². The van der Waals surface area contributed by atoms with Crippen LogP contribution in [0.25, 0.3) is 10.9 Å². The number of carbonyl (C=O) groups is 1. The van der Waals surface area contributed by atoms with E-state index in [0.29, 0.717) is 5.56 Å². The minimum atomic E-state index is -0.801. The SMILES string of the molecule is CCn1cc(/C=N\NC(=O)C(Sc2n[nH]c(=O)[nH]c2=O)c2ccccc2)c2ccccc21. The first-order valence-corrected chi connectivity index (χ1v) is 10.8. The van der Waals surface area contributed by atoms with Crippen LogP contribution in [0.4, 0.5) is 0 Å². The molecule has 2 heterocycles. The summed E-state index contributed by atoms with van der Waals surface area (Å²) in [6, 6.07) is 16.9. The predicted molar refractivity (Wildman–Crippen MR) is 124 cm³/mol. The quantitative estimate of drug-likeness (QED) is 0.227. The summed E-state index contributed by atoms with van der Waals surface area (Å²) in [5.41, 5.74) is 3.82. The molecule has 1 unspecified atom stereocenters. The Balaban J connectivity index is 1.58. The van der Waals surface area contributed by atoms with Crippen LogP contribution in [-0.2, 0) is 11.3 Å². The van der Waals surface area contributed by atoms with Gasteiger partial charge >= 0.3 is 5.69 Å². The Kier molecular flexibility index (Phi) is 6.31. The number of amides is 1. The number of carbonyl (C=O) groups excluding carboxylic acids is 1. The maximum absolute atomic E-state index is 13.0. The standard InChI is InChI=1S/C22H20N6O3S/c1-2-28-13-15(16-10-6-7-11-17(16)28)12-23-25-19(29)18(14-8-4-3-5-9-14)32-21-20(30)24-22(31)27-26-21/h3-13,18H,2H2,1H3,(H,25,29)(H2,24,27,30,31)/b23-12-. The van der Waals surface area contributed by atoms with Crippen LogP contribution >= 0.6 is 11.8 Å². The van der Waals surface area contributed by atoms with Crippen LogP contribution in [-0.4, -0.2) is 31.9 Å². The third-order valence-electron chi connectivity index (χ3n) is 4.79. The van der Waals surface area contributed by atoms with E-state index in [4.69, 9.17) is 0 Å². The molecule has 32 heavy (non-hydrogen) atoms. The third-order valence-corrected chi connectivity index (χ3v) is 6.01. The van der Waals surface area contributed by atoms with E-state index in [1.54, 1.807) is 30.5 Å². The Morgan fingerprint density at radius 2 is 1.94 bits per heavy atom. The Morgan fingerprint density at radius 3 is 2.69 bits per heavy atom. The molecule has 1 atom stereocenters. The number of para-hydroxylation sites is 1. The van der Waals surface area contributed by atoms with Crippen molar-refractivity contribution in [1.82, 2.24) is 25.2 Å². The van der Waals surface area contributed by atoms with E-state index in [9.17, 15) is 14.4 Å². The van der Waals surface area contributed by atoms with E-state index >= 15 is 0 Å². The summed E-state index contributed by atoms with van der Waals surface area (Å²) in [5.74, 6) is -0.427. The largest absolute Gasteiger partial charge is 0.347 e. The lowest BCUT2D eigenvalue weighted by Gasteiger charge is -2.14. The Hall–Kier alpha value is -3.92. The molecule has 10 heteroatoms. The molecule has 2 aromatic carbocycles. The number of nitrogens with zero attached hydrogens (tertiary/aromatic N) is 3. The number of hydrazone groups is 1. The lowest BCUT2D eigenvalue weighted by atomic mass is 10.1. The van der Waals surface area contributed by atoms with Gasteiger partial charge in [0.25, 0.3) is 11.5 Å². The summed E-state index contributed by atoms with van der Waals surface area (Å²) in [5, 5.41) is 10.3. The lowest BCUT2D eigenvalue weighted by Crippen LogP contribution is -2.28. The van der Waals surface area contributed by atoms with Crippen molar-refractivity contribution >= 4 is 34.8 Å². The summed E-state index contributed by atoms with van der Waals surface area (Å²) in [6.07, 6.45) is 3.58. The van der Waals surface area contributed by atoms with Crippen molar-refractivity contribution in [2.75, 3.05) is 0 Å². The van der Waals surface area contributed by atoms with Gasteiger partial charge in [-0.2, -0.15) is 10.2 Å². The maximum Gasteiger partial charge on any atom is 0.342 e. The Morgan fingerprint density at radius 1 is 1.19 bits per heavy atom. The number of rotatable bonds is 7. The first kappa shape index (κ1) is 21.3. The molecule has 1 amide bonds. The molecule has 0 aliphatic rings. The van der Waals surface area contributed by atoms with Crippen LogP contribution in [0.2, 0.25) is 0 Å². The van der Waals surface area contributed by atoms with Crippen molar-refractivity contribution < 1.29 is 4.79 Å². The van der Waals surface area contributed by atoms with Crippen LogP contribution in [0, 0.1) is 0 Å². The van der Waals surface area contributed by atoms with E-state index in [0.717, 1.165) is 34.8 Å². The Bertz CT molecular complexity index is 1390. The van der Waals surface area contributed by atoms with E-state index in [2.05, 4.69) is 37.2 Å². The number of benzene rings is 2. The van der Waals surface area contributed by atoms with E-state index in [1.807, 2.05) is 36.5 Å². The fourth-order valence-electron chi connectivity index (χ4n) is 3.29. The molecule has 0 bridgehead atoms. The second kappa shape index (κ2) is 9.48. The molecule has 9 nitrogen and oxygen atoms in total. The van der Waals surface area contributed by atoms with Gasteiger partial charge in [0.2, 0.25) is 0 Å². The lowest BCUT2D eigenvalue weighted by molar-refractivity contribution is -0.120. The highest BCUT2D eigenvalue weighted by atomic mass is 32.2. The highest BCUT2D eigenvalue weighted by Gasteiger charge is 2.24. The number of H-pyrrole nitrogens is 2. The molecule has 3 N–H and O–H groups in total. The number of fused-ring (bicyclic) bond motifs is 1. The van der Waals surface area contributed by atoms with Crippen LogP contribution in [0.15, 0.2) is 80.5 Å². The number of thioether (sulfide) groups is 1. The topological polar surface area (TPSA) is 125 Å². The van der Waals surface area contributed by atoms with Crippen molar-refractivity contribution in [1.29, 1.82) is 0 Å². The van der Waals surface area contributed by atoms with Crippen molar-refractivity contribution in [3.8, 4) is 0 Å². The van der Waals surface area contributed by atoms with Gasteiger partial charge in [-0.1, -0.05) is 60.3 Å². The van der Waals surface area contributed by atoms with E-state index < -0.39 is 22.4 Å². The summed E-state index contributed by atoms with van der Waals surface area (Å²) in [6.45, 7) is 2.87. The van der Waals surface area contributed by atoms with Crippen LogP contribution in [0.3, 0.4) is 0 Å². The molecule has 0 saturated carbocycles. The first-order valence-electron chi connectivity index (χ1n) is 9.88. The highest BCUT2D eigenvalue weighted by molar-refractivity contribution is 8.00. The maximum atomic E-state index is 13.0. The summed E-state index contributed by atoms with van der Waals surface area (Å²) in [7, 11) is 0. The molecule has 0 saturated heterocycles. The minimum Gasteiger partial charge on any atom is -0.347 e. The first-order chi connectivity index (χ1) is 15.6. The molecular weight excluding hydrogens is 428 g/mol. The average molecular weight is 449 g/mol. The number of aromatic nitrogens is 4. The van der Waals surface area contributed by atoms with E-state index in [1.165, 1.54) is 0 Å². The zero-order valence-corrected chi connectivity index (χ0v) is 17.9. The summed E-state index contributed by atoms with van der Waals surface area (Å²) in [4.78, 5) is 38.4. The van der Waals surface area contributed by atoms with Gasteiger partial charge in [0.15, 0.2) is 5.03 Å². The highest BCUT2D eigenvalue weighted by Crippen LogP contribution is 2.32. The van der Waals surface area contributed by atoms with Gasteiger partial charge in [-0.15, -0.1) is 0 Å². The van der Waals surface area contributed by atoms with Gasteiger partial charge in [-0.25, -0.2) is 15.3 Å². The second-order valence-corrected chi connectivity index (χ2v) is 7.94. The zero-order chi connectivity index (χ0) is 22.5. The number of aryl methyl sites for hydroxylation is 1. The van der Waals surface area contributed by atoms with E-state index in [-0.39, 0.29) is 5.03 Å². The number of hydrogen-bond donors (Lipinski definition) is 3. The second-order valence-electron chi connectivity index (χ2n) is 6.84. The fraction of sp³-hybridized carbons (Fsp3) is 0.136. The van der Waals surface area contributed by atoms with Crippen LogP contribution < -0.4 is 16.7 Å². The van der Waals surface area contributed by atoms with Gasteiger partial charge < -0.3 is 4.57 Å². The molecule has 4 rings (SSSR count). The van der Waals surface area contributed by atoms with Crippen molar-refractivity contribution in [3.05, 3.63) is 92.8 Å². The van der Waals surface area contributed by atoms with Gasteiger partial charge in [0, 0.05) is 29.2 Å². The third kappa shape index (κ3) is 4.54. The molecule has 0 aliphatic carbocycles. The molecule has 0 radical (unpaired) electrons. The summed E-state index contributed by atoms with van der Waals surface area (Å²) < 4.78 is 2.11. The van der Waals surface area contributed by atoms with Crippen molar-refractivity contribution in [3.63, 3.8) is 0 Å². The molecule has 2 aromatic heterocycles. The van der Waals surface area contributed by atoms with Gasteiger partial charge in [0.05, 0.1) is 6.21 Å². The molecule has 4 aromatic rings. The molecule has 0 spiro atoms.